The number of carbonyl (C=O) groups excluding carboxylic acids is 1. The third kappa shape index (κ3) is 4.33. The molecule has 0 spiro atoms. The SMILES string of the molecule is C=CCNC(=O)[C@H](C)Sc1nc2sc(C)c(C)c2c(=O)n1CCCC. The molecule has 0 aliphatic rings. The van der Waals surface area contributed by atoms with Crippen molar-refractivity contribution < 1.29 is 4.79 Å². The van der Waals surface area contributed by atoms with Crippen LogP contribution in [-0.4, -0.2) is 27.3 Å². The maximum atomic E-state index is 13.0. The molecular weight excluding hydrogens is 354 g/mol. The van der Waals surface area contributed by atoms with Gasteiger partial charge in [0.05, 0.1) is 10.6 Å². The van der Waals surface area contributed by atoms with Gasteiger partial charge in [0.1, 0.15) is 4.83 Å². The molecule has 0 fully saturated rings. The van der Waals surface area contributed by atoms with Crippen LogP contribution in [0.5, 0.6) is 0 Å². The van der Waals surface area contributed by atoms with Crippen LogP contribution in [-0.2, 0) is 11.3 Å². The zero-order chi connectivity index (χ0) is 18.6. The fourth-order valence-corrected chi connectivity index (χ4v) is 4.47. The minimum Gasteiger partial charge on any atom is -0.352 e. The largest absolute Gasteiger partial charge is 0.352 e. The number of thioether (sulfide) groups is 1. The van der Waals surface area contributed by atoms with E-state index in [1.54, 1.807) is 10.6 Å². The van der Waals surface area contributed by atoms with Crippen molar-refractivity contribution in [3.05, 3.63) is 33.4 Å². The van der Waals surface area contributed by atoms with Crippen molar-refractivity contribution in [2.24, 2.45) is 0 Å². The molecule has 5 nitrogen and oxygen atoms in total. The van der Waals surface area contributed by atoms with Gasteiger partial charge in [-0.2, -0.15) is 0 Å². The van der Waals surface area contributed by atoms with Gasteiger partial charge in [-0.25, -0.2) is 4.98 Å². The number of carbonyl (C=O) groups is 1. The Morgan fingerprint density at radius 3 is 2.84 bits per heavy atom. The Morgan fingerprint density at radius 1 is 1.48 bits per heavy atom. The van der Waals surface area contributed by atoms with E-state index in [1.165, 1.54) is 23.1 Å². The van der Waals surface area contributed by atoms with Crippen molar-refractivity contribution >= 4 is 39.2 Å². The Labute approximate surface area is 156 Å². The molecule has 7 heteroatoms. The predicted octanol–water partition coefficient (Wildman–Crippen LogP) is 3.66. The molecule has 1 N–H and O–H groups in total. The fourth-order valence-electron chi connectivity index (χ4n) is 2.44. The summed E-state index contributed by atoms with van der Waals surface area (Å²) >= 11 is 2.87. The quantitative estimate of drug-likeness (QED) is 0.432. The van der Waals surface area contributed by atoms with Crippen molar-refractivity contribution in [1.29, 1.82) is 0 Å². The lowest BCUT2D eigenvalue weighted by atomic mass is 10.2. The molecule has 136 valence electrons. The highest BCUT2D eigenvalue weighted by Crippen LogP contribution is 2.29. The number of fused-ring (bicyclic) bond motifs is 1. The molecule has 0 aliphatic carbocycles. The second kappa shape index (κ2) is 8.67. The Morgan fingerprint density at radius 2 is 2.20 bits per heavy atom. The van der Waals surface area contributed by atoms with Crippen molar-refractivity contribution in [2.45, 2.75) is 57.5 Å². The first-order valence-electron chi connectivity index (χ1n) is 8.46. The Balaban J connectivity index is 2.44. The van der Waals surface area contributed by atoms with E-state index in [-0.39, 0.29) is 16.7 Å². The summed E-state index contributed by atoms with van der Waals surface area (Å²) in [6.45, 7) is 12.6. The van der Waals surface area contributed by atoms with Crippen molar-refractivity contribution in [1.82, 2.24) is 14.9 Å². The lowest BCUT2D eigenvalue weighted by Gasteiger charge is -2.15. The molecule has 2 heterocycles. The molecule has 25 heavy (non-hydrogen) atoms. The second-order valence-corrected chi connectivity index (χ2v) is 8.47. The van der Waals surface area contributed by atoms with Gasteiger partial charge in [0.15, 0.2) is 5.16 Å². The van der Waals surface area contributed by atoms with Crippen LogP contribution in [0.25, 0.3) is 10.2 Å². The van der Waals surface area contributed by atoms with E-state index in [9.17, 15) is 9.59 Å². The first-order valence-corrected chi connectivity index (χ1v) is 10.2. The van der Waals surface area contributed by atoms with Gasteiger partial charge >= 0.3 is 0 Å². The third-order valence-electron chi connectivity index (χ3n) is 4.06. The zero-order valence-corrected chi connectivity index (χ0v) is 16.9. The van der Waals surface area contributed by atoms with Crippen LogP contribution >= 0.6 is 23.1 Å². The van der Waals surface area contributed by atoms with E-state index in [1.807, 2.05) is 20.8 Å². The molecule has 0 saturated carbocycles. The van der Waals surface area contributed by atoms with Crippen LogP contribution in [0.15, 0.2) is 22.6 Å². The first kappa shape index (κ1) is 19.7. The molecule has 1 atom stereocenters. The molecule has 0 bridgehead atoms. The average molecular weight is 380 g/mol. The van der Waals surface area contributed by atoms with E-state index in [0.29, 0.717) is 23.6 Å². The van der Waals surface area contributed by atoms with E-state index >= 15 is 0 Å². The highest BCUT2D eigenvalue weighted by atomic mass is 32.2. The average Bonchev–Trinajstić information content (AvgIpc) is 2.86. The number of thiophene rings is 1. The number of unbranched alkanes of at least 4 members (excludes halogenated alkanes) is 1. The van der Waals surface area contributed by atoms with E-state index < -0.39 is 0 Å². The van der Waals surface area contributed by atoms with E-state index in [2.05, 4.69) is 18.8 Å². The Hall–Kier alpha value is -1.60. The molecule has 0 aromatic carbocycles. The summed E-state index contributed by atoms with van der Waals surface area (Å²) in [5.41, 5.74) is 1.01. The normalized spacial score (nSPS) is 12.3. The van der Waals surface area contributed by atoms with Crippen LogP contribution in [0.3, 0.4) is 0 Å². The van der Waals surface area contributed by atoms with Gasteiger partial charge in [0.25, 0.3) is 5.56 Å². The molecule has 2 aromatic rings. The predicted molar refractivity (Wildman–Crippen MR) is 107 cm³/mol. The summed E-state index contributed by atoms with van der Waals surface area (Å²) in [6, 6.07) is 0. The van der Waals surface area contributed by atoms with Crippen molar-refractivity contribution in [3.63, 3.8) is 0 Å². The maximum Gasteiger partial charge on any atom is 0.263 e. The number of nitrogens with one attached hydrogen (secondary N) is 1. The molecule has 1 amide bonds. The molecule has 0 radical (unpaired) electrons. The summed E-state index contributed by atoms with van der Waals surface area (Å²) in [7, 11) is 0. The number of hydrogen-bond donors (Lipinski definition) is 1. The summed E-state index contributed by atoms with van der Waals surface area (Å²) in [6.07, 6.45) is 3.54. The number of aromatic nitrogens is 2. The number of amides is 1. The van der Waals surface area contributed by atoms with Crippen LogP contribution in [0.1, 0.15) is 37.1 Å². The highest BCUT2D eigenvalue weighted by molar-refractivity contribution is 8.00. The van der Waals surface area contributed by atoms with Crippen LogP contribution in [0.2, 0.25) is 0 Å². The summed E-state index contributed by atoms with van der Waals surface area (Å²) < 4.78 is 1.73. The molecule has 0 saturated heterocycles. The smallest absolute Gasteiger partial charge is 0.263 e. The fraction of sp³-hybridized carbons (Fsp3) is 0.500. The summed E-state index contributed by atoms with van der Waals surface area (Å²) in [5, 5.41) is 3.79. The summed E-state index contributed by atoms with van der Waals surface area (Å²) in [4.78, 5) is 31.7. The van der Waals surface area contributed by atoms with Gasteiger partial charge in [0.2, 0.25) is 5.91 Å². The standard InChI is InChI=1S/C18H25N3O2S2/c1-6-8-10-21-17(23)14-11(3)12(4)24-16(14)20-18(21)25-13(5)15(22)19-9-7-2/h7,13H,2,6,8-10H2,1,3-5H3,(H,19,22)/t13-/m0/s1. The van der Waals surface area contributed by atoms with Crippen LogP contribution < -0.4 is 10.9 Å². The van der Waals surface area contributed by atoms with Crippen LogP contribution in [0.4, 0.5) is 0 Å². The minimum atomic E-state index is -0.334. The Bertz CT molecular complexity index is 839. The third-order valence-corrected chi connectivity index (χ3v) is 6.25. The number of aryl methyl sites for hydroxylation is 2. The second-order valence-electron chi connectivity index (χ2n) is 5.96. The van der Waals surface area contributed by atoms with Gasteiger partial charge in [-0.05, 0) is 32.8 Å². The number of hydrogen-bond acceptors (Lipinski definition) is 5. The molecule has 2 aromatic heterocycles. The van der Waals surface area contributed by atoms with E-state index in [4.69, 9.17) is 4.98 Å². The topological polar surface area (TPSA) is 64.0 Å². The van der Waals surface area contributed by atoms with Crippen molar-refractivity contribution in [2.75, 3.05) is 6.54 Å². The lowest BCUT2D eigenvalue weighted by Crippen LogP contribution is -2.32. The molecule has 0 aliphatic heterocycles. The van der Waals surface area contributed by atoms with Gasteiger partial charge in [-0.1, -0.05) is 31.2 Å². The number of nitrogens with zero attached hydrogens (tertiary/aromatic N) is 2. The Kier molecular flexibility index (Phi) is 6.84. The van der Waals surface area contributed by atoms with Crippen molar-refractivity contribution in [3.8, 4) is 0 Å². The minimum absolute atomic E-state index is 0.00139. The van der Waals surface area contributed by atoms with Gasteiger partial charge in [-0.3, -0.25) is 14.2 Å². The first-order chi connectivity index (χ1) is 11.9. The van der Waals surface area contributed by atoms with E-state index in [0.717, 1.165) is 28.1 Å². The monoisotopic (exact) mass is 379 g/mol. The van der Waals surface area contributed by atoms with Gasteiger partial charge in [-0.15, -0.1) is 17.9 Å². The van der Waals surface area contributed by atoms with Gasteiger partial charge in [0, 0.05) is 18.0 Å². The number of rotatable bonds is 8. The maximum absolute atomic E-state index is 13.0. The highest BCUT2D eigenvalue weighted by Gasteiger charge is 2.21. The van der Waals surface area contributed by atoms with Gasteiger partial charge < -0.3 is 5.32 Å². The molecule has 0 unspecified atom stereocenters. The summed E-state index contributed by atoms with van der Waals surface area (Å²) in [5.74, 6) is -0.0835. The zero-order valence-electron chi connectivity index (χ0n) is 15.2. The molecule has 2 rings (SSSR count). The van der Waals surface area contributed by atoms with Crippen LogP contribution in [0, 0.1) is 13.8 Å². The lowest BCUT2D eigenvalue weighted by molar-refractivity contribution is -0.120. The molecular formula is C18H25N3O2S2.